The number of benzene rings is 2. The van der Waals surface area contributed by atoms with E-state index in [-0.39, 0.29) is 6.10 Å². The van der Waals surface area contributed by atoms with Crippen LogP contribution < -0.4 is 4.74 Å². The van der Waals surface area contributed by atoms with E-state index in [1.807, 2.05) is 36.4 Å². The minimum absolute atomic E-state index is 0.258. The average Bonchev–Trinajstić information content (AvgIpc) is 3.16. The summed E-state index contributed by atoms with van der Waals surface area (Å²) in [4.78, 5) is 2.29. The summed E-state index contributed by atoms with van der Waals surface area (Å²) >= 11 is 0. The fourth-order valence-electron chi connectivity index (χ4n) is 3.60. The minimum Gasteiger partial charge on any atom is -0.496 e. The molecular formula is C22H29NO3. The number of ether oxygens (including phenoxy) is 2. The van der Waals surface area contributed by atoms with Crippen molar-refractivity contribution in [2.75, 3.05) is 26.8 Å². The van der Waals surface area contributed by atoms with Gasteiger partial charge in [-0.25, -0.2) is 0 Å². The molecule has 4 heteroatoms. The number of hydrogen-bond acceptors (Lipinski definition) is 4. The molecular weight excluding hydrogens is 326 g/mol. The fourth-order valence-corrected chi connectivity index (χ4v) is 3.60. The molecule has 0 bridgehead atoms. The number of para-hydroxylation sites is 1. The van der Waals surface area contributed by atoms with Crippen LogP contribution in [0.25, 0.3) is 0 Å². The van der Waals surface area contributed by atoms with E-state index in [2.05, 4.69) is 23.1 Å². The first-order valence-corrected chi connectivity index (χ1v) is 9.42. The van der Waals surface area contributed by atoms with E-state index >= 15 is 0 Å². The summed E-state index contributed by atoms with van der Waals surface area (Å²) in [5.74, 6) is 0.891. The summed E-state index contributed by atoms with van der Waals surface area (Å²) in [6.07, 6.45) is 2.73. The van der Waals surface area contributed by atoms with E-state index in [9.17, 15) is 5.11 Å². The fraction of sp³-hybridized carbons (Fsp3) is 0.455. The third-order valence-corrected chi connectivity index (χ3v) is 4.86. The topological polar surface area (TPSA) is 41.9 Å². The lowest BCUT2D eigenvalue weighted by molar-refractivity contribution is 0.0461. The second kappa shape index (κ2) is 9.72. The van der Waals surface area contributed by atoms with Crippen molar-refractivity contribution in [3.8, 4) is 5.75 Å². The Labute approximate surface area is 156 Å². The van der Waals surface area contributed by atoms with Gasteiger partial charge in [0, 0.05) is 31.8 Å². The Hall–Kier alpha value is -1.88. The van der Waals surface area contributed by atoms with Gasteiger partial charge in [-0.05, 0) is 30.9 Å². The van der Waals surface area contributed by atoms with Gasteiger partial charge in [0.15, 0.2) is 0 Å². The first-order chi connectivity index (χ1) is 12.7. The highest BCUT2D eigenvalue weighted by Crippen LogP contribution is 2.21. The summed E-state index contributed by atoms with van der Waals surface area (Å²) in [6, 6.07) is 18.2. The predicted octanol–water partition coefficient (Wildman–Crippen LogP) is 3.28. The normalized spacial score (nSPS) is 18.2. The molecule has 4 nitrogen and oxygen atoms in total. The van der Waals surface area contributed by atoms with E-state index in [1.165, 1.54) is 0 Å². The summed E-state index contributed by atoms with van der Waals surface area (Å²) in [6.45, 7) is 3.05. The number of rotatable bonds is 9. The Morgan fingerprint density at radius 2 is 1.92 bits per heavy atom. The number of aliphatic hydroxyl groups excluding tert-OH is 1. The second-order valence-corrected chi connectivity index (χ2v) is 6.98. The van der Waals surface area contributed by atoms with Crippen LogP contribution in [0.15, 0.2) is 54.6 Å². The molecule has 0 aromatic heterocycles. The largest absolute Gasteiger partial charge is 0.496 e. The van der Waals surface area contributed by atoms with Gasteiger partial charge in [-0.15, -0.1) is 0 Å². The molecule has 1 heterocycles. The molecule has 140 valence electrons. The molecule has 1 N–H and O–H groups in total. The van der Waals surface area contributed by atoms with E-state index in [0.717, 1.165) is 49.4 Å². The second-order valence-electron chi connectivity index (χ2n) is 6.98. The van der Waals surface area contributed by atoms with Crippen LogP contribution in [0, 0.1) is 0 Å². The smallest absolute Gasteiger partial charge is 0.123 e. The molecule has 0 spiro atoms. The molecule has 1 fully saturated rings. The summed E-state index contributed by atoms with van der Waals surface area (Å²) < 4.78 is 11.3. The standard InChI is InChI=1S/C22H29NO3/c1-25-22-12-6-5-10-19(22)15-23(17-21-11-7-13-26-21)16-20(24)14-18-8-3-2-4-9-18/h2-6,8-10,12,20-21,24H,7,11,13-17H2,1H3/t20-,21+/m1/s1. The molecule has 1 saturated heterocycles. The van der Waals surface area contributed by atoms with E-state index in [4.69, 9.17) is 9.47 Å². The van der Waals surface area contributed by atoms with Crippen molar-refractivity contribution >= 4 is 0 Å². The van der Waals surface area contributed by atoms with Crippen molar-refractivity contribution < 1.29 is 14.6 Å². The van der Waals surface area contributed by atoms with E-state index < -0.39 is 6.10 Å². The van der Waals surface area contributed by atoms with Gasteiger partial charge in [0.2, 0.25) is 0 Å². The monoisotopic (exact) mass is 355 g/mol. The van der Waals surface area contributed by atoms with Gasteiger partial charge in [0.05, 0.1) is 19.3 Å². The van der Waals surface area contributed by atoms with Crippen LogP contribution in [0.3, 0.4) is 0 Å². The molecule has 0 aliphatic carbocycles. The molecule has 3 rings (SSSR count). The van der Waals surface area contributed by atoms with Crippen molar-refractivity contribution in [1.82, 2.24) is 4.90 Å². The summed E-state index contributed by atoms with van der Waals surface area (Å²) in [5.41, 5.74) is 2.30. The van der Waals surface area contributed by atoms with Crippen molar-refractivity contribution in [3.05, 3.63) is 65.7 Å². The number of hydrogen-bond donors (Lipinski definition) is 1. The van der Waals surface area contributed by atoms with Gasteiger partial charge in [-0.3, -0.25) is 4.90 Å². The van der Waals surface area contributed by atoms with Crippen LogP contribution in [0.5, 0.6) is 5.75 Å². The van der Waals surface area contributed by atoms with Gasteiger partial charge in [-0.2, -0.15) is 0 Å². The maximum atomic E-state index is 10.6. The molecule has 0 saturated carbocycles. The first kappa shape index (κ1) is 18.9. The average molecular weight is 355 g/mol. The highest BCUT2D eigenvalue weighted by Gasteiger charge is 2.22. The molecule has 0 radical (unpaired) electrons. The molecule has 0 amide bonds. The summed E-state index contributed by atoms with van der Waals surface area (Å²) in [7, 11) is 1.70. The third-order valence-electron chi connectivity index (χ3n) is 4.86. The molecule has 2 aromatic rings. The molecule has 1 aliphatic heterocycles. The molecule has 26 heavy (non-hydrogen) atoms. The maximum Gasteiger partial charge on any atom is 0.123 e. The predicted molar refractivity (Wildman–Crippen MR) is 103 cm³/mol. The van der Waals surface area contributed by atoms with Crippen LogP contribution in [0.2, 0.25) is 0 Å². The van der Waals surface area contributed by atoms with Crippen LogP contribution >= 0.6 is 0 Å². The highest BCUT2D eigenvalue weighted by atomic mass is 16.5. The lowest BCUT2D eigenvalue weighted by Crippen LogP contribution is -2.38. The van der Waals surface area contributed by atoms with Crippen molar-refractivity contribution in [1.29, 1.82) is 0 Å². The Morgan fingerprint density at radius 1 is 1.15 bits per heavy atom. The van der Waals surface area contributed by atoms with E-state index in [0.29, 0.717) is 13.0 Å². The van der Waals surface area contributed by atoms with Gasteiger partial charge in [0.25, 0.3) is 0 Å². The Bertz CT molecular complexity index is 655. The molecule has 0 unspecified atom stereocenters. The SMILES string of the molecule is COc1ccccc1CN(C[C@H](O)Cc1ccccc1)C[C@@H]1CCCO1. The van der Waals surface area contributed by atoms with Crippen molar-refractivity contribution in [3.63, 3.8) is 0 Å². The van der Waals surface area contributed by atoms with Gasteiger partial charge >= 0.3 is 0 Å². The maximum absolute atomic E-state index is 10.6. The van der Waals surface area contributed by atoms with Crippen LogP contribution in [0.1, 0.15) is 24.0 Å². The minimum atomic E-state index is -0.409. The highest BCUT2D eigenvalue weighted by molar-refractivity contribution is 5.33. The van der Waals surface area contributed by atoms with Crippen LogP contribution in [-0.2, 0) is 17.7 Å². The lowest BCUT2D eigenvalue weighted by Gasteiger charge is -2.28. The van der Waals surface area contributed by atoms with Crippen molar-refractivity contribution in [2.24, 2.45) is 0 Å². The Kier molecular flexibility index (Phi) is 7.06. The van der Waals surface area contributed by atoms with Gasteiger partial charge < -0.3 is 14.6 Å². The van der Waals surface area contributed by atoms with Gasteiger partial charge in [0.1, 0.15) is 5.75 Å². The first-order valence-electron chi connectivity index (χ1n) is 9.42. The number of nitrogens with zero attached hydrogens (tertiary/aromatic N) is 1. The van der Waals surface area contributed by atoms with E-state index in [1.54, 1.807) is 7.11 Å². The van der Waals surface area contributed by atoms with Crippen molar-refractivity contribution in [2.45, 2.75) is 38.0 Å². The Balaban J connectivity index is 1.66. The van der Waals surface area contributed by atoms with Crippen LogP contribution in [0.4, 0.5) is 0 Å². The lowest BCUT2D eigenvalue weighted by atomic mass is 10.1. The molecule has 2 aromatic carbocycles. The number of aliphatic hydroxyl groups is 1. The zero-order valence-corrected chi connectivity index (χ0v) is 15.5. The summed E-state index contributed by atoms with van der Waals surface area (Å²) in [5, 5.41) is 10.6. The molecule has 1 aliphatic rings. The zero-order chi connectivity index (χ0) is 18.2. The zero-order valence-electron chi connectivity index (χ0n) is 15.5. The third kappa shape index (κ3) is 5.56. The Morgan fingerprint density at radius 3 is 2.65 bits per heavy atom. The van der Waals surface area contributed by atoms with Gasteiger partial charge in [-0.1, -0.05) is 48.5 Å². The molecule has 2 atom stereocenters. The quantitative estimate of drug-likeness (QED) is 0.750. The van der Waals surface area contributed by atoms with Crippen LogP contribution in [-0.4, -0.2) is 49.0 Å². The number of methoxy groups -OCH3 is 1.